The van der Waals surface area contributed by atoms with Crippen LogP contribution in [-0.4, -0.2) is 29.8 Å². The van der Waals surface area contributed by atoms with Crippen molar-refractivity contribution in [3.8, 4) is 0 Å². The van der Waals surface area contributed by atoms with Crippen LogP contribution in [0.5, 0.6) is 0 Å². The van der Waals surface area contributed by atoms with Crippen molar-refractivity contribution in [2.24, 2.45) is 0 Å². The van der Waals surface area contributed by atoms with Gasteiger partial charge in [-0.15, -0.1) is 0 Å². The van der Waals surface area contributed by atoms with Crippen LogP contribution in [0.3, 0.4) is 0 Å². The summed E-state index contributed by atoms with van der Waals surface area (Å²) < 4.78 is 63.7. The number of carbonyl (C=O) groups excluding carboxylic acids is 1. The fourth-order valence-electron chi connectivity index (χ4n) is 2.58. The lowest BCUT2D eigenvalue weighted by molar-refractivity contribution is -0.137. The molecule has 0 spiro atoms. The number of carbonyl (C=O) groups is 1. The van der Waals surface area contributed by atoms with Gasteiger partial charge in [0.25, 0.3) is 5.91 Å². The van der Waals surface area contributed by atoms with E-state index in [1.54, 1.807) is 0 Å². The molecular weight excluding hydrogens is 305 g/mol. The zero-order valence-corrected chi connectivity index (χ0v) is 12.0. The molecule has 2 rings (SSSR count). The summed E-state index contributed by atoms with van der Waals surface area (Å²) in [5.74, 6) is -3.14. The van der Waals surface area contributed by atoms with E-state index in [1.807, 2.05) is 0 Å². The first-order valence-electron chi connectivity index (χ1n) is 6.92. The first-order valence-corrected chi connectivity index (χ1v) is 6.92. The second-order valence-corrected chi connectivity index (χ2v) is 5.58. The Balaban J connectivity index is 2.05. The molecule has 0 heterocycles. The van der Waals surface area contributed by atoms with Gasteiger partial charge in [0.05, 0.1) is 5.56 Å². The molecule has 22 heavy (non-hydrogen) atoms. The predicted octanol–water partition coefficient (Wildman–Crippen LogP) is 4.36. The van der Waals surface area contributed by atoms with Gasteiger partial charge in [0.15, 0.2) is 0 Å². The Morgan fingerprint density at radius 2 is 1.64 bits per heavy atom. The van der Waals surface area contributed by atoms with Gasteiger partial charge in [-0.25, -0.2) is 8.78 Å². The molecule has 1 aliphatic carbocycles. The fraction of sp³-hybridized carbons (Fsp3) is 0.533. The van der Waals surface area contributed by atoms with Crippen LogP contribution in [0, 0.1) is 0 Å². The maximum atomic E-state index is 13.1. The van der Waals surface area contributed by atoms with E-state index in [2.05, 4.69) is 0 Å². The van der Waals surface area contributed by atoms with E-state index in [1.165, 1.54) is 11.9 Å². The third kappa shape index (κ3) is 3.75. The van der Waals surface area contributed by atoms with Gasteiger partial charge in [0, 0.05) is 31.5 Å². The molecule has 0 atom stereocenters. The van der Waals surface area contributed by atoms with Crippen LogP contribution in [0.4, 0.5) is 22.0 Å². The smallest absolute Gasteiger partial charge is 0.339 e. The lowest BCUT2D eigenvalue weighted by Gasteiger charge is -2.34. The molecule has 0 bridgehead atoms. The van der Waals surface area contributed by atoms with E-state index in [0.29, 0.717) is 0 Å². The number of rotatable bonds is 2. The number of halogens is 5. The number of alkyl halides is 5. The van der Waals surface area contributed by atoms with Crippen molar-refractivity contribution < 1.29 is 26.7 Å². The van der Waals surface area contributed by atoms with Crippen molar-refractivity contribution in [1.82, 2.24) is 4.90 Å². The van der Waals surface area contributed by atoms with E-state index in [9.17, 15) is 26.7 Å². The summed E-state index contributed by atoms with van der Waals surface area (Å²) in [6.07, 6.45) is -4.63. The highest BCUT2D eigenvalue weighted by atomic mass is 19.4. The van der Waals surface area contributed by atoms with Gasteiger partial charge >= 0.3 is 6.18 Å². The molecule has 1 aromatic rings. The molecule has 1 aliphatic rings. The van der Waals surface area contributed by atoms with Crippen LogP contribution in [-0.2, 0) is 6.18 Å². The van der Waals surface area contributed by atoms with Crippen LogP contribution in [0.1, 0.15) is 41.6 Å². The van der Waals surface area contributed by atoms with E-state index in [4.69, 9.17) is 0 Å². The van der Waals surface area contributed by atoms with E-state index in [-0.39, 0.29) is 37.3 Å². The Kier molecular flexibility index (Phi) is 4.44. The van der Waals surface area contributed by atoms with Crippen LogP contribution in [0.25, 0.3) is 0 Å². The maximum absolute atomic E-state index is 13.1. The predicted molar refractivity (Wildman–Crippen MR) is 70.7 cm³/mol. The van der Waals surface area contributed by atoms with Crippen molar-refractivity contribution >= 4 is 5.91 Å². The van der Waals surface area contributed by atoms with Crippen molar-refractivity contribution in [3.63, 3.8) is 0 Å². The average molecular weight is 321 g/mol. The zero-order chi connectivity index (χ0) is 16.5. The average Bonchev–Trinajstić information content (AvgIpc) is 2.45. The molecule has 1 saturated carbocycles. The molecule has 1 amide bonds. The summed E-state index contributed by atoms with van der Waals surface area (Å²) in [5, 5.41) is 0. The van der Waals surface area contributed by atoms with Gasteiger partial charge in [-0.1, -0.05) is 0 Å². The Morgan fingerprint density at radius 3 is 2.09 bits per heavy atom. The van der Waals surface area contributed by atoms with Gasteiger partial charge in [0.2, 0.25) is 5.92 Å². The molecule has 7 heteroatoms. The Bertz CT molecular complexity index is 528. The highest BCUT2D eigenvalue weighted by Gasteiger charge is 2.37. The lowest BCUT2D eigenvalue weighted by Crippen LogP contribution is -2.41. The number of hydrogen-bond acceptors (Lipinski definition) is 1. The Labute approximate surface area is 124 Å². The second kappa shape index (κ2) is 5.85. The SMILES string of the molecule is CN(C(=O)c1ccc(C(F)(F)F)cc1)C1CCC(F)(F)CC1. The van der Waals surface area contributed by atoms with E-state index < -0.39 is 23.6 Å². The molecular formula is C15H16F5NO. The number of hydrogen-bond donors (Lipinski definition) is 0. The van der Waals surface area contributed by atoms with Gasteiger partial charge in [-0.05, 0) is 37.1 Å². The summed E-state index contributed by atoms with van der Waals surface area (Å²) in [7, 11) is 1.49. The normalized spacial score (nSPS) is 19.0. The Morgan fingerprint density at radius 1 is 1.14 bits per heavy atom. The summed E-state index contributed by atoms with van der Waals surface area (Å²) in [6, 6.07) is 3.60. The van der Waals surface area contributed by atoms with E-state index in [0.717, 1.165) is 24.3 Å². The number of amides is 1. The summed E-state index contributed by atoms with van der Waals surface area (Å²) in [5.41, 5.74) is -0.711. The molecule has 0 radical (unpaired) electrons. The summed E-state index contributed by atoms with van der Waals surface area (Å²) in [6.45, 7) is 0. The minimum absolute atomic E-state index is 0.118. The molecule has 0 unspecified atom stereocenters. The monoisotopic (exact) mass is 321 g/mol. The topological polar surface area (TPSA) is 20.3 Å². The van der Waals surface area contributed by atoms with Crippen LogP contribution in [0.15, 0.2) is 24.3 Å². The van der Waals surface area contributed by atoms with Gasteiger partial charge in [0.1, 0.15) is 0 Å². The molecule has 0 aliphatic heterocycles. The second-order valence-electron chi connectivity index (χ2n) is 5.58. The molecule has 2 nitrogen and oxygen atoms in total. The Hall–Kier alpha value is -1.66. The lowest BCUT2D eigenvalue weighted by atomic mass is 9.91. The van der Waals surface area contributed by atoms with Gasteiger partial charge in [-0.2, -0.15) is 13.2 Å². The quantitative estimate of drug-likeness (QED) is 0.741. The highest BCUT2D eigenvalue weighted by molar-refractivity contribution is 5.94. The molecule has 1 fully saturated rings. The van der Waals surface area contributed by atoms with Crippen LogP contribution in [0.2, 0.25) is 0 Å². The summed E-state index contributed by atoms with van der Waals surface area (Å²) >= 11 is 0. The fourth-order valence-corrected chi connectivity index (χ4v) is 2.58. The minimum atomic E-state index is -4.46. The van der Waals surface area contributed by atoms with E-state index >= 15 is 0 Å². The third-order valence-corrected chi connectivity index (χ3v) is 4.01. The van der Waals surface area contributed by atoms with Crippen molar-refractivity contribution in [2.75, 3.05) is 7.05 Å². The van der Waals surface area contributed by atoms with Crippen LogP contribution < -0.4 is 0 Å². The standard InChI is InChI=1S/C15H16F5NO/c1-21(12-6-8-14(16,17)9-7-12)13(22)10-2-4-11(5-3-10)15(18,19)20/h2-5,12H,6-9H2,1H3. The molecule has 122 valence electrons. The number of benzene rings is 1. The first-order chi connectivity index (χ1) is 10.1. The van der Waals surface area contributed by atoms with Crippen molar-refractivity contribution in [2.45, 2.75) is 43.8 Å². The third-order valence-electron chi connectivity index (χ3n) is 4.01. The molecule has 0 aromatic heterocycles. The van der Waals surface area contributed by atoms with Crippen molar-refractivity contribution in [3.05, 3.63) is 35.4 Å². The first kappa shape index (κ1) is 16.7. The van der Waals surface area contributed by atoms with Crippen LogP contribution >= 0.6 is 0 Å². The summed E-state index contributed by atoms with van der Waals surface area (Å²) in [4.78, 5) is 13.6. The van der Waals surface area contributed by atoms with Gasteiger partial charge < -0.3 is 4.90 Å². The largest absolute Gasteiger partial charge is 0.416 e. The van der Waals surface area contributed by atoms with Crippen molar-refractivity contribution in [1.29, 1.82) is 0 Å². The maximum Gasteiger partial charge on any atom is 0.416 e. The molecule has 1 aromatic carbocycles. The van der Waals surface area contributed by atoms with Gasteiger partial charge in [-0.3, -0.25) is 4.79 Å². The zero-order valence-electron chi connectivity index (χ0n) is 12.0. The number of nitrogens with zero attached hydrogens (tertiary/aromatic N) is 1. The molecule has 0 N–H and O–H groups in total. The minimum Gasteiger partial charge on any atom is -0.339 e. The molecule has 0 saturated heterocycles. The highest BCUT2D eigenvalue weighted by Crippen LogP contribution is 2.35.